The fourth-order valence-corrected chi connectivity index (χ4v) is 4.86. The van der Waals surface area contributed by atoms with Crippen molar-refractivity contribution in [3.8, 4) is 0 Å². The van der Waals surface area contributed by atoms with Crippen LogP contribution in [-0.2, 0) is 29.9 Å². The lowest BCUT2D eigenvalue weighted by Crippen LogP contribution is -2.31. The van der Waals surface area contributed by atoms with Gasteiger partial charge in [-0.25, -0.2) is 4.79 Å². The van der Waals surface area contributed by atoms with Gasteiger partial charge in [0, 0.05) is 23.6 Å². The van der Waals surface area contributed by atoms with Gasteiger partial charge in [0.05, 0.1) is 12.6 Å². The molecular weight excluding hydrogens is 332 g/mol. The van der Waals surface area contributed by atoms with Crippen molar-refractivity contribution in [2.45, 2.75) is 62.5 Å². The summed E-state index contributed by atoms with van der Waals surface area (Å²) >= 11 is 1.70. The van der Waals surface area contributed by atoms with Crippen LogP contribution in [0.1, 0.15) is 41.6 Å². The first kappa shape index (κ1) is 16.9. The van der Waals surface area contributed by atoms with Crippen molar-refractivity contribution in [3.63, 3.8) is 0 Å². The molecule has 0 N–H and O–H groups in total. The molecule has 0 amide bonds. The molecule has 0 bridgehead atoms. The molecule has 132 valence electrons. The van der Waals surface area contributed by atoms with Crippen molar-refractivity contribution in [2.75, 3.05) is 6.61 Å². The Hall–Kier alpha value is -1.59. The van der Waals surface area contributed by atoms with Gasteiger partial charge in [0.1, 0.15) is 5.03 Å². The van der Waals surface area contributed by atoms with Crippen LogP contribution in [0.15, 0.2) is 34.1 Å². The van der Waals surface area contributed by atoms with E-state index >= 15 is 0 Å². The molecule has 0 spiro atoms. The van der Waals surface area contributed by atoms with E-state index in [4.69, 9.17) is 4.74 Å². The average Bonchev–Trinajstić information content (AvgIpc) is 3.27. The third-order valence-corrected chi connectivity index (χ3v) is 6.16. The van der Waals surface area contributed by atoms with Crippen LogP contribution < -0.4 is 5.69 Å². The van der Waals surface area contributed by atoms with E-state index in [1.165, 1.54) is 22.4 Å². The summed E-state index contributed by atoms with van der Waals surface area (Å²) in [6.45, 7) is 3.59. The first-order valence-corrected chi connectivity index (χ1v) is 10.1. The molecule has 5 heteroatoms. The number of benzene rings is 1. The lowest BCUT2D eigenvalue weighted by molar-refractivity contribution is 0.0950. The smallest absolute Gasteiger partial charge is 0.348 e. The molecule has 1 aromatic carbocycles. The maximum absolute atomic E-state index is 12.6. The van der Waals surface area contributed by atoms with Crippen molar-refractivity contribution >= 4 is 11.8 Å². The zero-order chi connectivity index (χ0) is 17.2. The molecular formula is C20H24N2O2S. The van der Waals surface area contributed by atoms with Crippen molar-refractivity contribution in [2.24, 2.45) is 0 Å². The summed E-state index contributed by atoms with van der Waals surface area (Å²) < 4.78 is 7.61. The van der Waals surface area contributed by atoms with Gasteiger partial charge in [-0.3, -0.25) is 4.57 Å². The number of ether oxygens (including phenoxy) is 1. The highest BCUT2D eigenvalue weighted by atomic mass is 32.2. The summed E-state index contributed by atoms with van der Waals surface area (Å²) in [6.07, 6.45) is 5.45. The van der Waals surface area contributed by atoms with E-state index in [0.717, 1.165) is 49.5 Å². The molecule has 4 rings (SSSR count). The minimum atomic E-state index is -0.108. The largest absolute Gasteiger partial charge is 0.376 e. The van der Waals surface area contributed by atoms with Crippen LogP contribution in [0.3, 0.4) is 0 Å². The fourth-order valence-electron chi connectivity index (χ4n) is 3.84. The highest BCUT2D eigenvalue weighted by molar-refractivity contribution is 7.98. The predicted octanol–water partition coefficient (Wildman–Crippen LogP) is 3.51. The standard InChI is InChI=1S/C20H24N2O2S/c1-14-5-2-6-15(11-14)13-25-19-17-8-3-9-18(17)22(20(23)21-19)12-16-7-4-10-24-16/h2,5-6,11,16H,3-4,7-10,12-13H2,1H3/t16-/m1/s1. The molecule has 1 saturated heterocycles. The number of fused-ring (bicyclic) bond motifs is 1. The second-order valence-corrected chi connectivity index (χ2v) is 7.97. The summed E-state index contributed by atoms with van der Waals surface area (Å²) in [6, 6.07) is 8.53. The predicted molar refractivity (Wildman–Crippen MR) is 100 cm³/mol. The molecule has 2 heterocycles. The van der Waals surface area contributed by atoms with E-state index < -0.39 is 0 Å². The van der Waals surface area contributed by atoms with E-state index in [0.29, 0.717) is 6.54 Å². The van der Waals surface area contributed by atoms with Crippen LogP contribution in [0.2, 0.25) is 0 Å². The maximum atomic E-state index is 12.6. The molecule has 1 fully saturated rings. The van der Waals surface area contributed by atoms with Gasteiger partial charge in [-0.15, -0.1) is 11.8 Å². The summed E-state index contributed by atoms with van der Waals surface area (Å²) in [7, 11) is 0. The van der Waals surface area contributed by atoms with Gasteiger partial charge < -0.3 is 4.74 Å². The topological polar surface area (TPSA) is 44.1 Å². The third-order valence-electron chi connectivity index (χ3n) is 5.07. The zero-order valence-electron chi connectivity index (χ0n) is 14.7. The highest BCUT2D eigenvalue weighted by Gasteiger charge is 2.25. The minimum absolute atomic E-state index is 0.108. The molecule has 4 nitrogen and oxygen atoms in total. The maximum Gasteiger partial charge on any atom is 0.348 e. The van der Waals surface area contributed by atoms with Gasteiger partial charge in [-0.1, -0.05) is 29.8 Å². The molecule has 1 atom stereocenters. The molecule has 0 unspecified atom stereocenters. The van der Waals surface area contributed by atoms with E-state index in [1.807, 2.05) is 4.57 Å². The lowest BCUT2D eigenvalue weighted by Gasteiger charge is -2.17. The number of nitrogens with zero attached hydrogens (tertiary/aromatic N) is 2. The normalized spacial score (nSPS) is 19.3. The quantitative estimate of drug-likeness (QED) is 0.607. The number of hydrogen-bond acceptors (Lipinski definition) is 4. The first-order valence-electron chi connectivity index (χ1n) is 9.13. The van der Waals surface area contributed by atoms with Crippen LogP contribution in [0.4, 0.5) is 0 Å². The van der Waals surface area contributed by atoms with Gasteiger partial charge in [0.15, 0.2) is 0 Å². The Morgan fingerprint density at radius 3 is 3.04 bits per heavy atom. The van der Waals surface area contributed by atoms with Crippen molar-refractivity contribution in [3.05, 3.63) is 57.1 Å². The Morgan fingerprint density at radius 2 is 2.24 bits per heavy atom. The van der Waals surface area contributed by atoms with Crippen LogP contribution in [0.5, 0.6) is 0 Å². The molecule has 1 aliphatic heterocycles. The summed E-state index contributed by atoms with van der Waals surface area (Å²) in [4.78, 5) is 17.1. The van der Waals surface area contributed by atoms with E-state index in [9.17, 15) is 4.79 Å². The Balaban J connectivity index is 1.58. The number of thioether (sulfide) groups is 1. The lowest BCUT2D eigenvalue weighted by atomic mass is 10.2. The van der Waals surface area contributed by atoms with Crippen LogP contribution in [-0.4, -0.2) is 22.3 Å². The zero-order valence-corrected chi connectivity index (χ0v) is 15.5. The van der Waals surface area contributed by atoms with Gasteiger partial charge in [-0.2, -0.15) is 4.98 Å². The molecule has 1 aromatic heterocycles. The molecule has 2 aliphatic rings. The average molecular weight is 356 g/mol. The second-order valence-electron chi connectivity index (χ2n) is 7.00. The monoisotopic (exact) mass is 356 g/mol. The van der Waals surface area contributed by atoms with E-state index in [-0.39, 0.29) is 11.8 Å². The Labute approximate surface area is 152 Å². The SMILES string of the molecule is Cc1cccc(CSc2nc(=O)n(C[C@H]3CCCO3)c3c2CCC3)c1. The summed E-state index contributed by atoms with van der Waals surface area (Å²) in [5.74, 6) is 0.857. The number of aromatic nitrogens is 2. The van der Waals surface area contributed by atoms with Crippen molar-refractivity contribution in [1.29, 1.82) is 0 Å². The van der Waals surface area contributed by atoms with Crippen LogP contribution in [0, 0.1) is 6.92 Å². The Kier molecular flexibility index (Phi) is 4.95. The second kappa shape index (κ2) is 7.34. The third kappa shape index (κ3) is 3.67. The van der Waals surface area contributed by atoms with Crippen molar-refractivity contribution < 1.29 is 4.74 Å². The highest BCUT2D eigenvalue weighted by Crippen LogP contribution is 2.31. The molecule has 2 aromatic rings. The van der Waals surface area contributed by atoms with E-state index in [2.05, 4.69) is 36.2 Å². The number of aryl methyl sites for hydroxylation is 1. The molecule has 25 heavy (non-hydrogen) atoms. The van der Waals surface area contributed by atoms with Crippen LogP contribution in [0.25, 0.3) is 0 Å². The van der Waals surface area contributed by atoms with Gasteiger partial charge in [0.2, 0.25) is 0 Å². The van der Waals surface area contributed by atoms with Gasteiger partial charge in [-0.05, 0) is 44.6 Å². The first-order chi connectivity index (χ1) is 12.2. The fraction of sp³-hybridized carbons (Fsp3) is 0.500. The van der Waals surface area contributed by atoms with Crippen molar-refractivity contribution in [1.82, 2.24) is 9.55 Å². The number of hydrogen-bond donors (Lipinski definition) is 0. The molecule has 0 radical (unpaired) electrons. The summed E-state index contributed by atoms with van der Waals surface area (Å²) in [5, 5.41) is 0.933. The summed E-state index contributed by atoms with van der Waals surface area (Å²) in [5.41, 5.74) is 4.92. The van der Waals surface area contributed by atoms with Gasteiger partial charge >= 0.3 is 5.69 Å². The van der Waals surface area contributed by atoms with Crippen LogP contribution >= 0.6 is 11.8 Å². The molecule has 1 aliphatic carbocycles. The minimum Gasteiger partial charge on any atom is -0.376 e. The number of rotatable bonds is 5. The Morgan fingerprint density at radius 1 is 1.32 bits per heavy atom. The molecule has 0 saturated carbocycles. The van der Waals surface area contributed by atoms with E-state index in [1.54, 1.807) is 11.8 Å². The Bertz CT molecular complexity index is 825. The van der Waals surface area contributed by atoms with Gasteiger partial charge in [0.25, 0.3) is 0 Å².